The van der Waals surface area contributed by atoms with Crippen molar-refractivity contribution in [2.24, 2.45) is 0 Å². The van der Waals surface area contributed by atoms with Crippen LogP contribution in [0.5, 0.6) is 5.75 Å². The van der Waals surface area contributed by atoms with E-state index in [1.165, 1.54) is 0 Å². The summed E-state index contributed by atoms with van der Waals surface area (Å²) in [6, 6.07) is 5.15. The van der Waals surface area contributed by atoms with E-state index in [1.807, 2.05) is 20.8 Å². The van der Waals surface area contributed by atoms with Gasteiger partial charge in [-0.3, -0.25) is 0 Å². The number of halogens is 1. The standard InChI is InChI=1S/C12H15BrO3/c1-4-15-11-6-5-9(7-10(11)13)12(14)16-8(2)3/h5-8H,4H2,1-3H3. The van der Waals surface area contributed by atoms with Crippen LogP contribution in [-0.4, -0.2) is 18.7 Å². The van der Waals surface area contributed by atoms with Crippen molar-refractivity contribution in [1.82, 2.24) is 0 Å². The molecular formula is C12H15BrO3. The van der Waals surface area contributed by atoms with Gasteiger partial charge >= 0.3 is 5.97 Å². The van der Waals surface area contributed by atoms with Crippen molar-refractivity contribution in [3.05, 3.63) is 28.2 Å². The molecule has 1 rings (SSSR count). The molecule has 3 nitrogen and oxygen atoms in total. The lowest BCUT2D eigenvalue weighted by molar-refractivity contribution is 0.0378. The molecule has 16 heavy (non-hydrogen) atoms. The number of carbonyl (C=O) groups is 1. The summed E-state index contributed by atoms with van der Waals surface area (Å²) < 4.78 is 11.2. The molecule has 0 unspecified atom stereocenters. The second-order valence-electron chi connectivity index (χ2n) is 3.53. The molecule has 0 aromatic heterocycles. The summed E-state index contributed by atoms with van der Waals surface area (Å²) in [7, 11) is 0. The monoisotopic (exact) mass is 286 g/mol. The van der Waals surface area contributed by atoms with Gasteiger partial charge in [0.2, 0.25) is 0 Å². The predicted octanol–water partition coefficient (Wildman–Crippen LogP) is 3.41. The average molecular weight is 287 g/mol. The molecule has 0 aliphatic carbocycles. The molecule has 0 N–H and O–H groups in total. The minimum absolute atomic E-state index is 0.113. The minimum atomic E-state index is -0.321. The third-order valence-corrected chi connectivity index (χ3v) is 2.43. The van der Waals surface area contributed by atoms with Gasteiger partial charge < -0.3 is 9.47 Å². The van der Waals surface area contributed by atoms with E-state index in [0.29, 0.717) is 12.2 Å². The van der Waals surface area contributed by atoms with Gasteiger partial charge in [-0.25, -0.2) is 4.79 Å². The molecule has 0 spiro atoms. The van der Waals surface area contributed by atoms with Gasteiger partial charge in [-0.05, 0) is 54.9 Å². The fourth-order valence-electron chi connectivity index (χ4n) is 1.18. The Morgan fingerprint density at radius 2 is 2.12 bits per heavy atom. The quantitative estimate of drug-likeness (QED) is 0.796. The number of hydrogen-bond donors (Lipinski definition) is 0. The molecule has 4 heteroatoms. The van der Waals surface area contributed by atoms with E-state index in [4.69, 9.17) is 9.47 Å². The van der Waals surface area contributed by atoms with Crippen molar-refractivity contribution in [3.8, 4) is 5.75 Å². The molecule has 0 saturated heterocycles. The first-order valence-electron chi connectivity index (χ1n) is 5.18. The van der Waals surface area contributed by atoms with Gasteiger partial charge in [-0.2, -0.15) is 0 Å². The Morgan fingerprint density at radius 1 is 1.44 bits per heavy atom. The third-order valence-electron chi connectivity index (χ3n) is 1.81. The lowest BCUT2D eigenvalue weighted by atomic mass is 10.2. The van der Waals surface area contributed by atoms with Crippen LogP contribution in [0.2, 0.25) is 0 Å². The smallest absolute Gasteiger partial charge is 0.338 e. The Bertz CT molecular complexity index is 375. The second kappa shape index (κ2) is 5.89. The fourth-order valence-corrected chi connectivity index (χ4v) is 1.68. The molecule has 0 aliphatic heterocycles. The first-order chi connectivity index (χ1) is 7.54. The molecule has 1 aromatic carbocycles. The molecular weight excluding hydrogens is 272 g/mol. The number of hydrogen-bond acceptors (Lipinski definition) is 3. The van der Waals surface area contributed by atoms with E-state index < -0.39 is 0 Å². The van der Waals surface area contributed by atoms with Crippen LogP contribution < -0.4 is 4.74 Å². The first-order valence-corrected chi connectivity index (χ1v) is 5.97. The molecule has 0 bridgehead atoms. The Hall–Kier alpha value is -1.03. The van der Waals surface area contributed by atoms with E-state index >= 15 is 0 Å². The molecule has 0 saturated carbocycles. The van der Waals surface area contributed by atoms with E-state index in [0.717, 1.165) is 10.2 Å². The topological polar surface area (TPSA) is 35.5 Å². The zero-order valence-electron chi connectivity index (χ0n) is 9.62. The second-order valence-corrected chi connectivity index (χ2v) is 4.39. The normalized spacial score (nSPS) is 10.3. The van der Waals surface area contributed by atoms with E-state index in [2.05, 4.69) is 15.9 Å². The number of rotatable bonds is 4. The van der Waals surface area contributed by atoms with Crippen LogP contribution in [0.4, 0.5) is 0 Å². The zero-order chi connectivity index (χ0) is 12.1. The van der Waals surface area contributed by atoms with Gasteiger partial charge in [0.05, 0.1) is 22.7 Å². The molecule has 0 atom stereocenters. The van der Waals surface area contributed by atoms with Crippen LogP contribution in [0.3, 0.4) is 0 Å². The number of carbonyl (C=O) groups excluding carboxylic acids is 1. The van der Waals surface area contributed by atoms with Crippen molar-refractivity contribution in [3.63, 3.8) is 0 Å². The van der Waals surface area contributed by atoms with Gasteiger partial charge in [0.15, 0.2) is 0 Å². The highest BCUT2D eigenvalue weighted by Gasteiger charge is 2.11. The molecule has 0 fully saturated rings. The summed E-state index contributed by atoms with van der Waals surface area (Å²) in [5.74, 6) is 0.405. The number of esters is 1. The summed E-state index contributed by atoms with van der Waals surface area (Å²) >= 11 is 3.35. The van der Waals surface area contributed by atoms with Crippen molar-refractivity contribution in [1.29, 1.82) is 0 Å². The van der Waals surface area contributed by atoms with Gasteiger partial charge in [-0.1, -0.05) is 0 Å². The summed E-state index contributed by atoms with van der Waals surface area (Å²) in [5.41, 5.74) is 0.518. The molecule has 0 aliphatic rings. The van der Waals surface area contributed by atoms with Gasteiger partial charge in [0.25, 0.3) is 0 Å². The van der Waals surface area contributed by atoms with Gasteiger partial charge in [0, 0.05) is 0 Å². The number of benzene rings is 1. The van der Waals surface area contributed by atoms with E-state index in [9.17, 15) is 4.79 Å². The van der Waals surface area contributed by atoms with Crippen LogP contribution >= 0.6 is 15.9 Å². The van der Waals surface area contributed by atoms with Crippen LogP contribution in [0, 0.1) is 0 Å². The lowest BCUT2D eigenvalue weighted by Crippen LogP contribution is -2.11. The van der Waals surface area contributed by atoms with E-state index in [-0.39, 0.29) is 12.1 Å². The highest BCUT2D eigenvalue weighted by Crippen LogP contribution is 2.26. The van der Waals surface area contributed by atoms with Crippen LogP contribution in [-0.2, 0) is 4.74 Å². The van der Waals surface area contributed by atoms with Crippen molar-refractivity contribution in [2.75, 3.05) is 6.61 Å². The maximum Gasteiger partial charge on any atom is 0.338 e. The van der Waals surface area contributed by atoms with Crippen LogP contribution in [0.15, 0.2) is 22.7 Å². The molecule has 0 radical (unpaired) electrons. The lowest BCUT2D eigenvalue weighted by Gasteiger charge is -2.10. The molecule has 0 amide bonds. The molecule has 1 aromatic rings. The maximum absolute atomic E-state index is 11.6. The fraction of sp³-hybridized carbons (Fsp3) is 0.417. The summed E-state index contributed by atoms with van der Waals surface area (Å²) in [6.45, 7) is 6.14. The Balaban J connectivity index is 2.84. The first kappa shape index (κ1) is 13.0. The summed E-state index contributed by atoms with van der Waals surface area (Å²) in [6.07, 6.45) is -0.113. The maximum atomic E-state index is 11.6. The highest BCUT2D eigenvalue weighted by atomic mass is 79.9. The summed E-state index contributed by atoms with van der Waals surface area (Å²) in [4.78, 5) is 11.6. The zero-order valence-corrected chi connectivity index (χ0v) is 11.2. The summed E-state index contributed by atoms with van der Waals surface area (Å²) in [5, 5.41) is 0. The highest BCUT2D eigenvalue weighted by molar-refractivity contribution is 9.10. The van der Waals surface area contributed by atoms with Gasteiger partial charge in [-0.15, -0.1) is 0 Å². The Morgan fingerprint density at radius 3 is 2.62 bits per heavy atom. The van der Waals surface area contributed by atoms with Crippen molar-refractivity contribution < 1.29 is 14.3 Å². The largest absolute Gasteiger partial charge is 0.493 e. The van der Waals surface area contributed by atoms with E-state index in [1.54, 1.807) is 18.2 Å². The molecule has 88 valence electrons. The third kappa shape index (κ3) is 3.52. The minimum Gasteiger partial charge on any atom is -0.493 e. The van der Waals surface area contributed by atoms with Gasteiger partial charge in [0.1, 0.15) is 5.75 Å². The Labute approximate surface area is 104 Å². The SMILES string of the molecule is CCOc1ccc(C(=O)OC(C)C)cc1Br. The predicted molar refractivity (Wildman–Crippen MR) is 65.9 cm³/mol. The Kier molecular flexibility index (Phi) is 4.80. The molecule has 0 heterocycles. The van der Waals surface area contributed by atoms with Crippen molar-refractivity contribution >= 4 is 21.9 Å². The van der Waals surface area contributed by atoms with Crippen LogP contribution in [0.25, 0.3) is 0 Å². The number of ether oxygens (including phenoxy) is 2. The average Bonchev–Trinajstić information content (AvgIpc) is 2.20. The van der Waals surface area contributed by atoms with Crippen molar-refractivity contribution in [2.45, 2.75) is 26.9 Å². The van der Waals surface area contributed by atoms with Crippen LogP contribution in [0.1, 0.15) is 31.1 Å².